The molecule has 1 aromatic carbocycles. The molecule has 0 heterocycles. The summed E-state index contributed by atoms with van der Waals surface area (Å²) in [6, 6.07) is 8.74. The molecule has 5 atom stereocenters. The molecule has 280 valence electrons. The molecule has 0 aliphatic carbocycles. The Morgan fingerprint density at radius 2 is 1.29 bits per heavy atom. The summed E-state index contributed by atoms with van der Waals surface area (Å²) >= 11 is 0. The van der Waals surface area contributed by atoms with E-state index in [9.17, 15) is 39.3 Å². The lowest BCUT2D eigenvalue weighted by atomic mass is 10.1. The molecule has 15 heteroatoms. The van der Waals surface area contributed by atoms with Crippen molar-refractivity contribution in [2.75, 3.05) is 53.9 Å². The van der Waals surface area contributed by atoms with Gasteiger partial charge in [0, 0.05) is 26.1 Å². The maximum atomic E-state index is 11.5. The third kappa shape index (κ3) is 31.3. The number of benzene rings is 1. The first-order chi connectivity index (χ1) is 23.0. The maximum Gasteiger partial charge on any atom is 0.234 e. The lowest BCUT2D eigenvalue weighted by Crippen LogP contribution is -2.45. The van der Waals surface area contributed by atoms with E-state index in [2.05, 4.69) is 31.9 Å². The van der Waals surface area contributed by atoms with Crippen LogP contribution in [0.25, 0.3) is 0 Å². The van der Waals surface area contributed by atoms with Crippen LogP contribution in [0.4, 0.5) is 0 Å². The van der Waals surface area contributed by atoms with E-state index in [-0.39, 0.29) is 50.3 Å². The van der Waals surface area contributed by atoms with Crippen LogP contribution in [0.2, 0.25) is 0 Å². The van der Waals surface area contributed by atoms with Gasteiger partial charge in [0.05, 0.1) is 37.4 Å². The van der Waals surface area contributed by atoms with Gasteiger partial charge in [0.2, 0.25) is 17.7 Å². The van der Waals surface area contributed by atoms with Crippen molar-refractivity contribution in [2.45, 2.75) is 90.7 Å². The number of hydrogen-bond acceptors (Lipinski definition) is 12. The largest absolute Gasteiger partial charge is 0.396 e. The number of rotatable bonds is 20. The van der Waals surface area contributed by atoms with Crippen LogP contribution in [0.5, 0.6) is 0 Å². The van der Waals surface area contributed by atoms with Crippen molar-refractivity contribution < 1.29 is 44.4 Å². The summed E-state index contributed by atoms with van der Waals surface area (Å²) in [5.41, 5.74) is 1.03. The number of carbonyl (C=O) groups is 5. The molecular weight excluding hydrogens is 624 g/mol. The maximum absolute atomic E-state index is 11.5. The van der Waals surface area contributed by atoms with E-state index in [1.807, 2.05) is 65.0 Å². The number of likely N-dealkylation sites (N-methyl/N-ethyl adjacent to an activating group) is 4. The number of nitrogens with one attached hydrogen (secondary N) is 6. The van der Waals surface area contributed by atoms with E-state index < -0.39 is 30.4 Å². The Morgan fingerprint density at radius 3 is 1.75 bits per heavy atom. The molecule has 0 aliphatic heterocycles. The van der Waals surface area contributed by atoms with Gasteiger partial charge in [0.15, 0.2) is 0 Å². The molecular formula is C33H64N6O9. The number of carbonyl (C=O) groups excluding carboxylic acids is 5. The quantitative estimate of drug-likeness (QED) is 0.0717. The fraction of sp³-hybridized carbons (Fsp3) is 0.667. The minimum atomic E-state index is -1.44. The van der Waals surface area contributed by atoms with E-state index in [0.29, 0.717) is 32.2 Å². The first-order valence-electron chi connectivity index (χ1n) is 16.4. The molecule has 0 saturated heterocycles. The van der Waals surface area contributed by atoms with Crippen molar-refractivity contribution in [3.05, 3.63) is 35.9 Å². The Labute approximate surface area is 287 Å². The van der Waals surface area contributed by atoms with Gasteiger partial charge in [-0.05, 0) is 52.9 Å². The highest BCUT2D eigenvalue weighted by molar-refractivity contribution is 5.81. The third-order valence-electron chi connectivity index (χ3n) is 5.80. The summed E-state index contributed by atoms with van der Waals surface area (Å²) in [7, 11) is 5.04. The second-order valence-corrected chi connectivity index (χ2v) is 9.53. The molecule has 4 unspecified atom stereocenters. The average Bonchev–Trinajstić information content (AvgIpc) is 3.10. The highest BCUT2D eigenvalue weighted by Gasteiger charge is 2.24. The van der Waals surface area contributed by atoms with Crippen molar-refractivity contribution in [1.82, 2.24) is 31.9 Å². The number of hydrogen-bond donors (Lipinski definition) is 10. The molecule has 1 aromatic rings. The second kappa shape index (κ2) is 38.1. The number of aliphatic hydroxyl groups excluding tert-OH is 4. The van der Waals surface area contributed by atoms with Crippen LogP contribution in [-0.4, -0.2) is 135 Å². The Hall–Kier alpha value is -3.31. The summed E-state index contributed by atoms with van der Waals surface area (Å²) in [6.07, 6.45) is -1.65. The zero-order valence-corrected chi connectivity index (χ0v) is 30.1. The normalized spacial score (nSPS) is 12.8. The lowest BCUT2D eigenvalue weighted by Gasteiger charge is -2.22. The summed E-state index contributed by atoms with van der Waals surface area (Å²) in [4.78, 5) is 54.5. The van der Waals surface area contributed by atoms with Crippen molar-refractivity contribution in [3.63, 3.8) is 0 Å². The highest BCUT2D eigenvalue weighted by atomic mass is 16.4. The summed E-state index contributed by atoms with van der Waals surface area (Å²) in [5.74, 6) is -0.486. The summed E-state index contributed by atoms with van der Waals surface area (Å²) in [6.45, 7) is 10.7. The molecule has 48 heavy (non-hydrogen) atoms. The Morgan fingerprint density at radius 1 is 0.750 bits per heavy atom. The van der Waals surface area contributed by atoms with Crippen molar-refractivity contribution in [1.29, 1.82) is 0 Å². The van der Waals surface area contributed by atoms with Gasteiger partial charge < -0.3 is 61.9 Å². The molecule has 15 nitrogen and oxygen atoms in total. The van der Waals surface area contributed by atoms with E-state index in [0.717, 1.165) is 11.8 Å². The highest BCUT2D eigenvalue weighted by Crippen LogP contribution is 2.04. The van der Waals surface area contributed by atoms with Crippen molar-refractivity contribution >= 4 is 30.3 Å². The van der Waals surface area contributed by atoms with Crippen LogP contribution in [0.1, 0.15) is 59.4 Å². The molecule has 3 amide bonds. The van der Waals surface area contributed by atoms with Gasteiger partial charge in [-0.2, -0.15) is 0 Å². The Balaban J connectivity index is -0.000000307. The monoisotopic (exact) mass is 688 g/mol. The van der Waals surface area contributed by atoms with Crippen LogP contribution >= 0.6 is 0 Å². The molecule has 0 aliphatic rings. The van der Waals surface area contributed by atoms with Gasteiger partial charge >= 0.3 is 0 Å². The third-order valence-corrected chi connectivity index (χ3v) is 5.80. The molecule has 0 bridgehead atoms. The van der Waals surface area contributed by atoms with E-state index in [4.69, 9.17) is 5.11 Å². The molecule has 0 aromatic heterocycles. The van der Waals surface area contributed by atoms with E-state index in [1.165, 1.54) is 0 Å². The van der Waals surface area contributed by atoms with Gasteiger partial charge in [-0.3, -0.25) is 14.4 Å². The zero-order chi connectivity index (χ0) is 37.8. The summed E-state index contributed by atoms with van der Waals surface area (Å²) in [5, 5.41) is 52.9. The minimum Gasteiger partial charge on any atom is -0.396 e. The SMILES string of the molecule is CC.CC.CCNC(=O)CNC.CNCC(=O)NC(C=O)Cc1ccccc1.CN[C@H](C=O)CCC(=O)NCC(O)C(O)C(O)CCO. The average molecular weight is 689 g/mol. The van der Waals surface area contributed by atoms with Crippen LogP contribution in [0.15, 0.2) is 30.3 Å². The van der Waals surface area contributed by atoms with Gasteiger partial charge in [-0.25, -0.2) is 0 Å². The first-order valence-corrected chi connectivity index (χ1v) is 16.4. The topological polar surface area (TPSA) is 238 Å². The predicted molar refractivity (Wildman–Crippen MR) is 188 cm³/mol. The van der Waals surface area contributed by atoms with Crippen molar-refractivity contribution in [3.8, 4) is 0 Å². The first kappa shape index (κ1) is 51.5. The van der Waals surface area contributed by atoms with Gasteiger partial charge in [-0.1, -0.05) is 58.0 Å². The molecule has 0 saturated carbocycles. The second-order valence-electron chi connectivity index (χ2n) is 9.53. The fourth-order valence-electron chi connectivity index (χ4n) is 3.39. The minimum absolute atomic E-state index is 0.0509. The van der Waals surface area contributed by atoms with Crippen molar-refractivity contribution in [2.24, 2.45) is 0 Å². The molecule has 0 radical (unpaired) electrons. The number of aliphatic hydroxyl groups is 4. The van der Waals surface area contributed by atoms with E-state index in [1.54, 1.807) is 21.1 Å². The van der Waals surface area contributed by atoms with Crippen LogP contribution < -0.4 is 31.9 Å². The predicted octanol–water partition coefficient (Wildman–Crippen LogP) is -1.34. The van der Waals surface area contributed by atoms with Crippen LogP contribution in [0.3, 0.4) is 0 Å². The van der Waals surface area contributed by atoms with Crippen LogP contribution in [-0.2, 0) is 30.4 Å². The summed E-state index contributed by atoms with van der Waals surface area (Å²) < 4.78 is 0. The Bertz CT molecular complexity index is 905. The van der Waals surface area contributed by atoms with Crippen LogP contribution in [0, 0.1) is 0 Å². The van der Waals surface area contributed by atoms with Gasteiger partial charge in [-0.15, -0.1) is 0 Å². The lowest BCUT2D eigenvalue weighted by molar-refractivity contribution is -0.123. The van der Waals surface area contributed by atoms with Gasteiger partial charge in [0.25, 0.3) is 0 Å². The van der Waals surface area contributed by atoms with Gasteiger partial charge in [0.1, 0.15) is 18.7 Å². The zero-order valence-electron chi connectivity index (χ0n) is 30.1. The molecule has 10 N–H and O–H groups in total. The molecule has 1 rings (SSSR count). The Kier molecular flexibility index (Phi) is 40.9. The smallest absolute Gasteiger partial charge is 0.234 e. The number of amides is 3. The molecule has 0 spiro atoms. The molecule has 0 fully saturated rings. The van der Waals surface area contributed by atoms with E-state index >= 15 is 0 Å². The number of aldehydes is 2. The fourth-order valence-corrected chi connectivity index (χ4v) is 3.39. The standard InChI is InChI=1S/C12H24N2O6.C12H16N2O2.C5H12N2O.2C2H6/c1-13-8(7-16)2-3-11(19)14-6-10(18)12(20)9(17)4-5-15;1-13-8-12(16)14-11(9-15)7-10-5-3-2-4-6-10;1-3-7-5(8)4-6-2;2*1-2/h7-10,12-13,15,17-18,20H,2-6H2,1H3,(H,14,19);2-6,9,11,13H,7-8H2,1H3,(H,14,16);6H,3-4H2,1-2H3,(H,7,8);2*1-2H3/t8-,9?,10?,12?;;;;/m0..../s1.